The van der Waals surface area contributed by atoms with Crippen molar-refractivity contribution < 1.29 is 13.2 Å². The highest BCUT2D eigenvalue weighted by atomic mass is 32.2. The zero-order chi connectivity index (χ0) is 22.4. The summed E-state index contributed by atoms with van der Waals surface area (Å²) in [5.74, 6) is 1.17. The summed E-state index contributed by atoms with van der Waals surface area (Å²) in [5.41, 5.74) is 3.64. The van der Waals surface area contributed by atoms with E-state index in [0.29, 0.717) is 32.0 Å². The highest BCUT2D eigenvalue weighted by Gasteiger charge is 2.21. The fourth-order valence-electron chi connectivity index (χ4n) is 3.53. The lowest BCUT2D eigenvalue weighted by molar-refractivity contribution is 0.135. The maximum absolute atomic E-state index is 12.9. The van der Waals surface area contributed by atoms with Crippen LogP contribution >= 0.6 is 0 Å². The number of sulfonamides is 1. The van der Waals surface area contributed by atoms with Crippen molar-refractivity contribution in [1.29, 1.82) is 0 Å². The Balaban J connectivity index is 1.73. The summed E-state index contributed by atoms with van der Waals surface area (Å²) >= 11 is 0. The fourth-order valence-corrected chi connectivity index (χ4v) is 4.76. The molecule has 0 bridgehead atoms. The Labute approximate surface area is 184 Å². The minimum absolute atomic E-state index is 0.234. The van der Waals surface area contributed by atoms with Gasteiger partial charge in [-0.3, -0.25) is 4.98 Å². The van der Waals surface area contributed by atoms with Gasteiger partial charge in [-0.15, -0.1) is 6.58 Å². The van der Waals surface area contributed by atoms with E-state index in [4.69, 9.17) is 4.74 Å². The smallest absolute Gasteiger partial charge is 0.240 e. The zero-order valence-electron chi connectivity index (χ0n) is 18.3. The van der Waals surface area contributed by atoms with Crippen molar-refractivity contribution in [2.24, 2.45) is 5.92 Å². The van der Waals surface area contributed by atoms with Crippen molar-refractivity contribution >= 4 is 21.1 Å². The SMILES string of the molecule is C=CCOC[C@@H](CC(C)C)NS(=O)(=O)c1ccc(Cc2nccc3nc(C)[nH]c23)cc1. The molecule has 0 radical (unpaired) electrons. The Bertz CT molecular complexity index is 1120. The number of rotatable bonds is 11. The van der Waals surface area contributed by atoms with E-state index in [2.05, 4.69) is 40.1 Å². The van der Waals surface area contributed by atoms with Crippen LogP contribution in [0.25, 0.3) is 11.0 Å². The van der Waals surface area contributed by atoms with E-state index >= 15 is 0 Å². The summed E-state index contributed by atoms with van der Waals surface area (Å²) in [6.45, 7) is 10.3. The molecule has 1 atom stereocenters. The first-order valence-corrected chi connectivity index (χ1v) is 11.9. The van der Waals surface area contributed by atoms with Gasteiger partial charge in [-0.1, -0.05) is 32.1 Å². The molecule has 166 valence electrons. The summed E-state index contributed by atoms with van der Waals surface area (Å²) in [5, 5.41) is 0. The molecule has 2 N–H and O–H groups in total. The summed E-state index contributed by atoms with van der Waals surface area (Å²) < 4.78 is 34.1. The standard InChI is InChI=1S/C23H30N4O3S/c1-5-12-30-15-19(13-16(2)3)27-31(28,29)20-8-6-18(7-9-20)14-22-23-21(10-11-24-22)25-17(4)26-23/h5-11,16,19,27H,1,12-15H2,2-4H3,(H,25,26)/t19-/m1/s1. The number of pyridine rings is 1. The number of hydrogen-bond donors (Lipinski definition) is 2. The van der Waals surface area contributed by atoms with Gasteiger partial charge in [-0.05, 0) is 43.0 Å². The molecule has 0 spiro atoms. The van der Waals surface area contributed by atoms with Crippen molar-refractivity contribution in [2.75, 3.05) is 13.2 Å². The van der Waals surface area contributed by atoms with E-state index in [-0.39, 0.29) is 10.9 Å². The number of aromatic nitrogens is 3. The van der Waals surface area contributed by atoms with Gasteiger partial charge in [0.25, 0.3) is 0 Å². The average Bonchev–Trinajstić information content (AvgIpc) is 3.09. The van der Waals surface area contributed by atoms with Crippen LogP contribution in [0.1, 0.15) is 37.4 Å². The van der Waals surface area contributed by atoms with Gasteiger partial charge in [0, 0.05) is 18.7 Å². The van der Waals surface area contributed by atoms with Gasteiger partial charge < -0.3 is 9.72 Å². The van der Waals surface area contributed by atoms with Gasteiger partial charge in [0.05, 0.1) is 34.8 Å². The van der Waals surface area contributed by atoms with Crippen molar-refractivity contribution in [3.05, 3.63) is 66.3 Å². The maximum Gasteiger partial charge on any atom is 0.240 e. The first-order chi connectivity index (χ1) is 14.8. The van der Waals surface area contributed by atoms with E-state index < -0.39 is 10.0 Å². The summed E-state index contributed by atoms with van der Waals surface area (Å²) in [6.07, 6.45) is 4.66. The third kappa shape index (κ3) is 6.22. The normalized spacial score (nSPS) is 13.0. The van der Waals surface area contributed by atoms with Crippen LogP contribution in [0.2, 0.25) is 0 Å². The van der Waals surface area contributed by atoms with Crippen molar-refractivity contribution in [2.45, 2.75) is 44.6 Å². The summed E-state index contributed by atoms with van der Waals surface area (Å²) in [7, 11) is -3.65. The van der Waals surface area contributed by atoms with Crippen LogP contribution in [-0.4, -0.2) is 42.6 Å². The molecule has 7 nitrogen and oxygen atoms in total. The minimum Gasteiger partial charge on any atom is -0.376 e. The molecule has 0 unspecified atom stereocenters. The molecule has 1 aromatic carbocycles. The summed E-state index contributed by atoms with van der Waals surface area (Å²) in [6, 6.07) is 8.49. The minimum atomic E-state index is -3.65. The second-order valence-corrected chi connectivity index (χ2v) is 9.78. The third-order valence-corrected chi connectivity index (χ3v) is 6.38. The van der Waals surface area contributed by atoms with Crippen LogP contribution in [0.3, 0.4) is 0 Å². The Hall–Kier alpha value is -2.55. The molecule has 3 aromatic rings. The number of aromatic amines is 1. The van der Waals surface area contributed by atoms with E-state index in [1.54, 1.807) is 24.4 Å². The highest BCUT2D eigenvalue weighted by molar-refractivity contribution is 7.89. The van der Waals surface area contributed by atoms with Crippen LogP contribution in [0.15, 0.2) is 54.1 Å². The molecule has 0 fully saturated rings. The van der Waals surface area contributed by atoms with Gasteiger partial charge in [0.2, 0.25) is 10.0 Å². The van der Waals surface area contributed by atoms with Gasteiger partial charge in [-0.2, -0.15) is 0 Å². The molecular weight excluding hydrogens is 412 g/mol. The molecule has 0 aliphatic heterocycles. The predicted octanol–water partition coefficient (Wildman–Crippen LogP) is 3.75. The molecule has 31 heavy (non-hydrogen) atoms. The monoisotopic (exact) mass is 442 g/mol. The van der Waals surface area contributed by atoms with Crippen LogP contribution in [0.5, 0.6) is 0 Å². The number of imidazole rings is 1. The Morgan fingerprint density at radius 2 is 1.97 bits per heavy atom. The van der Waals surface area contributed by atoms with E-state index in [0.717, 1.165) is 28.1 Å². The van der Waals surface area contributed by atoms with Crippen LogP contribution in [-0.2, 0) is 21.2 Å². The fraction of sp³-hybridized carbons (Fsp3) is 0.391. The molecule has 0 aliphatic rings. The highest BCUT2D eigenvalue weighted by Crippen LogP contribution is 2.19. The average molecular weight is 443 g/mol. The molecule has 0 saturated heterocycles. The number of fused-ring (bicyclic) bond motifs is 1. The molecular formula is C23H30N4O3S. The van der Waals surface area contributed by atoms with Gasteiger partial charge in [0.15, 0.2) is 0 Å². The van der Waals surface area contributed by atoms with Crippen molar-refractivity contribution in [3.8, 4) is 0 Å². The Morgan fingerprint density at radius 3 is 2.65 bits per heavy atom. The van der Waals surface area contributed by atoms with Crippen LogP contribution in [0, 0.1) is 12.8 Å². The number of hydrogen-bond acceptors (Lipinski definition) is 5. The first-order valence-electron chi connectivity index (χ1n) is 10.4. The molecule has 0 amide bonds. The van der Waals surface area contributed by atoms with Crippen LogP contribution in [0.4, 0.5) is 0 Å². The second kappa shape index (κ2) is 10.2. The van der Waals surface area contributed by atoms with Crippen molar-refractivity contribution in [1.82, 2.24) is 19.7 Å². The lowest BCUT2D eigenvalue weighted by Crippen LogP contribution is -2.39. The topological polar surface area (TPSA) is 97.0 Å². The quantitative estimate of drug-likeness (QED) is 0.348. The number of nitrogens with one attached hydrogen (secondary N) is 2. The van der Waals surface area contributed by atoms with Crippen LogP contribution < -0.4 is 4.72 Å². The van der Waals surface area contributed by atoms with Gasteiger partial charge in [0.1, 0.15) is 5.82 Å². The lowest BCUT2D eigenvalue weighted by Gasteiger charge is -2.20. The molecule has 0 saturated carbocycles. The number of benzene rings is 1. The Morgan fingerprint density at radius 1 is 1.23 bits per heavy atom. The third-order valence-electron chi connectivity index (χ3n) is 4.84. The number of nitrogens with zero attached hydrogens (tertiary/aromatic N) is 2. The maximum atomic E-state index is 12.9. The zero-order valence-corrected chi connectivity index (χ0v) is 19.1. The lowest BCUT2D eigenvalue weighted by atomic mass is 10.1. The van der Waals surface area contributed by atoms with E-state index in [1.807, 2.05) is 25.1 Å². The molecule has 2 aromatic heterocycles. The molecule has 0 aliphatic carbocycles. The summed E-state index contributed by atoms with van der Waals surface area (Å²) in [4.78, 5) is 12.4. The molecule has 8 heteroatoms. The molecule has 3 rings (SSSR count). The second-order valence-electron chi connectivity index (χ2n) is 8.07. The predicted molar refractivity (Wildman–Crippen MR) is 122 cm³/mol. The van der Waals surface area contributed by atoms with Crippen molar-refractivity contribution in [3.63, 3.8) is 0 Å². The number of H-pyrrole nitrogens is 1. The largest absolute Gasteiger partial charge is 0.376 e. The first kappa shape index (κ1) is 23.1. The van der Waals surface area contributed by atoms with E-state index in [1.165, 1.54) is 0 Å². The number of ether oxygens (including phenoxy) is 1. The van der Waals surface area contributed by atoms with Gasteiger partial charge in [-0.25, -0.2) is 18.1 Å². The van der Waals surface area contributed by atoms with E-state index in [9.17, 15) is 8.42 Å². The molecule has 2 heterocycles. The van der Waals surface area contributed by atoms with Gasteiger partial charge >= 0.3 is 0 Å². The number of aryl methyl sites for hydroxylation is 1. The Kier molecular flexibility index (Phi) is 7.59.